The molecule has 0 aromatic carbocycles. The van der Waals surface area contributed by atoms with E-state index >= 15 is 0 Å². The number of nitrogens with two attached hydrogens (primary N) is 2. The molecule has 0 radical (unpaired) electrons. The van der Waals surface area contributed by atoms with Crippen LogP contribution in [0.2, 0.25) is 0 Å². The lowest BCUT2D eigenvalue weighted by Crippen LogP contribution is -2.40. The zero-order valence-electron chi connectivity index (χ0n) is 9.98. The molecule has 4 nitrogen and oxygen atoms in total. The standard InChI is InChI=1S/C13H19N3O/c14-9-13(6-2-1-3-7-13)11(17)10-5-4-8-16-12(10)15/h4-5,8H,1-3,6-7,9,14H2,(H2,15,16). The molecule has 0 atom stereocenters. The van der Waals surface area contributed by atoms with Gasteiger partial charge in [-0.2, -0.15) is 0 Å². The van der Waals surface area contributed by atoms with Gasteiger partial charge in [0.15, 0.2) is 5.78 Å². The van der Waals surface area contributed by atoms with Crippen molar-refractivity contribution in [3.8, 4) is 0 Å². The van der Waals surface area contributed by atoms with E-state index in [4.69, 9.17) is 11.5 Å². The quantitative estimate of drug-likeness (QED) is 0.779. The van der Waals surface area contributed by atoms with Crippen LogP contribution in [-0.2, 0) is 0 Å². The lowest BCUT2D eigenvalue weighted by atomic mass is 9.69. The molecule has 1 aromatic rings. The Bertz CT molecular complexity index is 411. The van der Waals surface area contributed by atoms with Gasteiger partial charge in [0.1, 0.15) is 5.82 Å². The summed E-state index contributed by atoms with van der Waals surface area (Å²) in [6.45, 7) is 0.403. The van der Waals surface area contributed by atoms with Crippen molar-refractivity contribution in [3.63, 3.8) is 0 Å². The molecular formula is C13H19N3O. The number of hydrogen-bond acceptors (Lipinski definition) is 4. The Morgan fingerprint density at radius 3 is 2.65 bits per heavy atom. The van der Waals surface area contributed by atoms with Crippen LogP contribution in [0.5, 0.6) is 0 Å². The Hall–Kier alpha value is -1.42. The molecule has 4 N–H and O–H groups in total. The van der Waals surface area contributed by atoms with E-state index in [1.165, 1.54) is 6.42 Å². The summed E-state index contributed by atoms with van der Waals surface area (Å²) in [7, 11) is 0. The molecule has 1 aliphatic rings. The van der Waals surface area contributed by atoms with E-state index in [1.54, 1.807) is 18.3 Å². The van der Waals surface area contributed by atoms with Crippen molar-refractivity contribution in [2.75, 3.05) is 12.3 Å². The third-order valence-electron chi connectivity index (χ3n) is 3.77. The minimum Gasteiger partial charge on any atom is -0.383 e. The summed E-state index contributed by atoms with van der Waals surface area (Å²) in [6.07, 6.45) is 6.68. The van der Waals surface area contributed by atoms with Gasteiger partial charge < -0.3 is 11.5 Å². The first kappa shape index (κ1) is 12.0. The predicted molar refractivity (Wildman–Crippen MR) is 67.6 cm³/mol. The van der Waals surface area contributed by atoms with Crippen LogP contribution in [0.3, 0.4) is 0 Å². The molecule has 0 aliphatic heterocycles. The van der Waals surface area contributed by atoms with Crippen LogP contribution in [0, 0.1) is 5.41 Å². The number of nitrogens with zero attached hydrogens (tertiary/aromatic N) is 1. The van der Waals surface area contributed by atoms with Crippen molar-refractivity contribution in [1.82, 2.24) is 4.98 Å². The summed E-state index contributed by atoms with van der Waals surface area (Å²) >= 11 is 0. The van der Waals surface area contributed by atoms with Crippen LogP contribution >= 0.6 is 0 Å². The van der Waals surface area contributed by atoms with Gasteiger partial charge >= 0.3 is 0 Å². The fraction of sp³-hybridized carbons (Fsp3) is 0.538. The lowest BCUT2D eigenvalue weighted by Gasteiger charge is -2.34. The van der Waals surface area contributed by atoms with Crippen molar-refractivity contribution < 1.29 is 4.79 Å². The average Bonchev–Trinajstić information content (AvgIpc) is 2.39. The van der Waals surface area contributed by atoms with Crippen molar-refractivity contribution in [1.29, 1.82) is 0 Å². The van der Waals surface area contributed by atoms with E-state index < -0.39 is 5.41 Å². The maximum Gasteiger partial charge on any atom is 0.173 e. The number of aromatic nitrogens is 1. The fourth-order valence-electron chi connectivity index (χ4n) is 2.65. The van der Waals surface area contributed by atoms with Crippen LogP contribution in [0.4, 0.5) is 5.82 Å². The molecule has 1 fully saturated rings. The highest BCUT2D eigenvalue weighted by Gasteiger charge is 2.39. The highest BCUT2D eigenvalue weighted by molar-refractivity contribution is 6.04. The second-order valence-electron chi connectivity index (χ2n) is 4.81. The van der Waals surface area contributed by atoms with Gasteiger partial charge in [-0.15, -0.1) is 0 Å². The largest absolute Gasteiger partial charge is 0.383 e. The zero-order chi connectivity index (χ0) is 12.3. The third kappa shape index (κ3) is 2.17. The van der Waals surface area contributed by atoms with Gasteiger partial charge in [-0.25, -0.2) is 4.98 Å². The fourth-order valence-corrected chi connectivity index (χ4v) is 2.65. The molecule has 0 amide bonds. The lowest BCUT2D eigenvalue weighted by molar-refractivity contribution is 0.0730. The smallest absolute Gasteiger partial charge is 0.173 e. The topological polar surface area (TPSA) is 82.0 Å². The number of carbonyl (C=O) groups excluding carboxylic acids is 1. The van der Waals surface area contributed by atoms with Crippen LogP contribution in [0.25, 0.3) is 0 Å². The van der Waals surface area contributed by atoms with Crippen molar-refractivity contribution in [3.05, 3.63) is 23.9 Å². The number of anilines is 1. The van der Waals surface area contributed by atoms with Gasteiger partial charge in [-0.05, 0) is 25.0 Å². The minimum absolute atomic E-state index is 0.0744. The molecule has 1 aromatic heterocycles. The summed E-state index contributed by atoms with van der Waals surface area (Å²) < 4.78 is 0. The molecular weight excluding hydrogens is 214 g/mol. The zero-order valence-corrected chi connectivity index (χ0v) is 9.98. The molecule has 1 saturated carbocycles. The SMILES string of the molecule is NCC1(C(=O)c2cccnc2N)CCCCC1. The van der Waals surface area contributed by atoms with E-state index in [-0.39, 0.29) is 5.78 Å². The maximum absolute atomic E-state index is 12.6. The van der Waals surface area contributed by atoms with Gasteiger partial charge in [0, 0.05) is 18.2 Å². The molecule has 2 rings (SSSR count). The highest BCUT2D eigenvalue weighted by Crippen LogP contribution is 2.38. The molecule has 0 unspecified atom stereocenters. The normalized spacial score (nSPS) is 18.9. The summed E-state index contributed by atoms with van der Waals surface area (Å²) in [5, 5.41) is 0. The van der Waals surface area contributed by atoms with E-state index in [1.807, 2.05) is 0 Å². The van der Waals surface area contributed by atoms with Crippen molar-refractivity contribution >= 4 is 11.6 Å². The average molecular weight is 233 g/mol. The second kappa shape index (κ2) is 4.84. The molecule has 4 heteroatoms. The number of ketones is 1. The van der Waals surface area contributed by atoms with Gasteiger partial charge in [0.05, 0.1) is 5.56 Å². The number of hydrogen-bond donors (Lipinski definition) is 2. The first-order valence-electron chi connectivity index (χ1n) is 6.15. The summed E-state index contributed by atoms with van der Waals surface area (Å²) in [5.74, 6) is 0.390. The number of Topliss-reactive ketones (excluding diaryl/α,β-unsaturated/α-hetero) is 1. The summed E-state index contributed by atoms with van der Waals surface area (Å²) in [6, 6.07) is 3.49. The van der Waals surface area contributed by atoms with Crippen LogP contribution in [0.1, 0.15) is 42.5 Å². The molecule has 0 spiro atoms. The summed E-state index contributed by atoms with van der Waals surface area (Å²) in [4.78, 5) is 16.6. The Morgan fingerprint density at radius 1 is 1.35 bits per heavy atom. The van der Waals surface area contributed by atoms with Crippen LogP contribution in [0.15, 0.2) is 18.3 Å². The van der Waals surface area contributed by atoms with Gasteiger partial charge in [-0.1, -0.05) is 19.3 Å². The Labute approximate surface area is 101 Å². The van der Waals surface area contributed by atoms with E-state index in [2.05, 4.69) is 4.98 Å². The highest BCUT2D eigenvalue weighted by atomic mass is 16.1. The van der Waals surface area contributed by atoms with Crippen LogP contribution in [-0.4, -0.2) is 17.3 Å². The minimum atomic E-state index is -0.407. The number of carbonyl (C=O) groups is 1. The number of pyridine rings is 1. The number of rotatable bonds is 3. The third-order valence-corrected chi connectivity index (χ3v) is 3.77. The Balaban J connectivity index is 2.32. The van der Waals surface area contributed by atoms with E-state index in [9.17, 15) is 4.79 Å². The van der Waals surface area contributed by atoms with Crippen molar-refractivity contribution in [2.24, 2.45) is 11.1 Å². The maximum atomic E-state index is 12.6. The Kier molecular flexibility index (Phi) is 3.43. The second-order valence-corrected chi connectivity index (χ2v) is 4.81. The van der Waals surface area contributed by atoms with Gasteiger partial charge in [0.25, 0.3) is 0 Å². The molecule has 1 aliphatic carbocycles. The molecule has 0 bridgehead atoms. The summed E-state index contributed by atoms with van der Waals surface area (Å²) in [5.41, 5.74) is 11.7. The van der Waals surface area contributed by atoms with Crippen LogP contribution < -0.4 is 11.5 Å². The van der Waals surface area contributed by atoms with E-state index in [0.717, 1.165) is 25.7 Å². The van der Waals surface area contributed by atoms with Gasteiger partial charge in [0.2, 0.25) is 0 Å². The monoisotopic (exact) mass is 233 g/mol. The van der Waals surface area contributed by atoms with E-state index in [0.29, 0.717) is 17.9 Å². The first-order valence-corrected chi connectivity index (χ1v) is 6.15. The molecule has 17 heavy (non-hydrogen) atoms. The first-order chi connectivity index (χ1) is 8.19. The molecule has 0 saturated heterocycles. The molecule has 92 valence electrons. The number of nitrogen functional groups attached to an aromatic ring is 1. The van der Waals surface area contributed by atoms with Gasteiger partial charge in [-0.3, -0.25) is 4.79 Å². The predicted octanol–water partition coefficient (Wildman–Crippen LogP) is 1.76. The Morgan fingerprint density at radius 2 is 2.06 bits per heavy atom. The van der Waals surface area contributed by atoms with Crippen molar-refractivity contribution in [2.45, 2.75) is 32.1 Å². The molecule has 1 heterocycles.